The predicted octanol–water partition coefficient (Wildman–Crippen LogP) is 5.15. The summed E-state index contributed by atoms with van der Waals surface area (Å²) < 4.78 is 0. The molecule has 0 N–H and O–H groups in total. The number of rotatable bonds is 8. The van der Waals surface area contributed by atoms with E-state index in [1.807, 2.05) is 0 Å². The summed E-state index contributed by atoms with van der Waals surface area (Å²) in [5, 5.41) is 0. The second-order valence-electron chi connectivity index (χ2n) is 4.69. The Morgan fingerprint density at radius 3 is 1.88 bits per heavy atom. The van der Waals surface area contributed by atoms with E-state index >= 15 is 0 Å². The number of aryl methyl sites for hydroxylation is 2. The van der Waals surface area contributed by atoms with Crippen molar-refractivity contribution in [2.45, 2.75) is 65.2 Å². The van der Waals surface area contributed by atoms with Crippen molar-refractivity contribution in [1.29, 1.82) is 0 Å². The molecule has 0 aromatic heterocycles. The molecule has 0 aliphatic rings. The molecule has 0 atom stereocenters. The van der Waals surface area contributed by atoms with Crippen LogP contribution in [-0.4, -0.2) is 0 Å². The molecular formula is C16H26. The lowest BCUT2D eigenvalue weighted by Gasteiger charge is -2.03. The Morgan fingerprint density at radius 2 is 1.25 bits per heavy atom. The lowest BCUT2D eigenvalue weighted by molar-refractivity contribution is 0.607. The van der Waals surface area contributed by atoms with Gasteiger partial charge in [-0.25, -0.2) is 0 Å². The maximum Gasteiger partial charge on any atom is -0.0279 e. The highest BCUT2D eigenvalue weighted by Crippen LogP contribution is 2.11. The Labute approximate surface area is 101 Å². The van der Waals surface area contributed by atoms with Gasteiger partial charge in [-0.1, -0.05) is 70.2 Å². The zero-order valence-corrected chi connectivity index (χ0v) is 11.0. The lowest BCUT2D eigenvalue weighted by Crippen LogP contribution is -1.87. The maximum absolute atomic E-state index is 2.30. The molecule has 1 rings (SSSR count). The quantitative estimate of drug-likeness (QED) is 0.529. The summed E-state index contributed by atoms with van der Waals surface area (Å²) in [6.07, 6.45) is 10.8. The molecule has 0 spiro atoms. The minimum absolute atomic E-state index is 1.15. The van der Waals surface area contributed by atoms with E-state index in [1.165, 1.54) is 56.1 Å². The van der Waals surface area contributed by atoms with E-state index in [9.17, 15) is 0 Å². The number of unbranched alkanes of at least 4 members (excludes halogenated alkanes) is 5. The van der Waals surface area contributed by atoms with Crippen LogP contribution in [0.5, 0.6) is 0 Å². The number of hydrogen-bond acceptors (Lipinski definition) is 0. The summed E-state index contributed by atoms with van der Waals surface area (Å²) in [5.41, 5.74) is 2.96. The molecular weight excluding hydrogens is 192 g/mol. The van der Waals surface area contributed by atoms with Gasteiger partial charge in [0.05, 0.1) is 0 Å². The van der Waals surface area contributed by atoms with Crippen molar-refractivity contribution in [2.24, 2.45) is 0 Å². The van der Waals surface area contributed by atoms with Crippen LogP contribution in [0.4, 0.5) is 0 Å². The standard InChI is InChI=1S/C16H26/c1-3-5-6-7-8-9-10-16-13-11-15(4-2)12-14-16/h11-14H,3-10H2,1-2H3. The van der Waals surface area contributed by atoms with Crippen molar-refractivity contribution in [3.63, 3.8) is 0 Å². The molecule has 0 aliphatic heterocycles. The van der Waals surface area contributed by atoms with Crippen LogP contribution < -0.4 is 0 Å². The Bertz CT molecular complexity index is 258. The SMILES string of the molecule is CCCCCCCCc1ccc(CC)cc1. The van der Waals surface area contributed by atoms with Crippen molar-refractivity contribution in [2.75, 3.05) is 0 Å². The first-order valence-electron chi connectivity index (χ1n) is 6.94. The van der Waals surface area contributed by atoms with Crippen molar-refractivity contribution in [1.82, 2.24) is 0 Å². The highest BCUT2D eigenvalue weighted by atomic mass is 14.0. The van der Waals surface area contributed by atoms with E-state index in [1.54, 1.807) is 0 Å². The van der Waals surface area contributed by atoms with Crippen molar-refractivity contribution in [3.8, 4) is 0 Å². The molecule has 90 valence electrons. The fraction of sp³-hybridized carbons (Fsp3) is 0.625. The fourth-order valence-corrected chi connectivity index (χ4v) is 2.05. The van der Waals surface area contributed by atoms with E-state index in [2.05, 4.69) is 38.1 Å². The van der Waals surface area contributed by atoms with E-state index < -0.39 is 0 Å². The molecule has 0 fully saturated rings. The summed E-state index contributed by atoms with van der Waals surface area (Å²) in [7, 11) is 0. The molecule has 0 nitrogen and oxygen atoms in total. The Kier molecular flexibility index (Phi) is 6.96. The van der Waals surface area contributed by atoms with E-state index in [-0.39, 0.29) is 0 Å². The van der Waals surface area contributed by atoms with Gasteiger partial charge in [0, 0.05) is 0 Å². The first-order valence-corrected chi connectivity index (χ1v) is 6.94. The minimum atomic E-state index is 1.15. The normalized spacial score (nSPS) is 10.6. The highest BCUT2D eigenvalue weighted by molar-refractivity contribution is 5.22. The third-order valence-corrected chi connectivity index (χ3v) is 3.25. The van der Waals surface area contributed by atoms with Crippen LogP contribution in [0, 0.1) is 0 Å². The number of benzene rings is 1. The predicted molar refractivity (Wildman–Crippen MR) is 72.9 cm³/mol. The molecule has 0 saturated carbocycles. The van der Waals surface area contributed by atoms with Gasteiger partial charge in [-0.05, 0) is 30.4 Å². The van der Waals surface area contributed by atoms with Crippen LogP contribution in [0.25, 0.3) is 0 Å². The summed E-state index contributed by atoms with van der Waals surface area (Å²) in [6.45, 7) is 4.48. The number of hydrogen-bond donors (Lipinski definition) is 0. The van der Waals surface area contributed by atoms with E-state index in [4.69, 9.17) is 0 Å². The third-order valence-electron chi connectivity index (χ3n) is 3.25. The van der Waals surface area contributed by atoms with Crippen LogP contribution in [0.1, 0.15) is 63.5 Å². The molecule has 0 heteroatoms. The zero-order valence-electron chi connectivity index (χ0n) is 11.0. The molecule has 0 amide bonds. The molecule has 0 saturated heterocycles. The Morgan fingerprint density at radius 1 is 0.688 bits per heavy atom. The van der Waals surface area contributed by atoms with Gasteiger partial charge in [-0.3, -0.25) is 0 Å². The molecule has 1 aromatic carbocycles. The van der Waals surface area contributed by atoms with E-state index in [0.717, 1.165) is 6.42 Å². The van der Waals surface area contributed by atoms with Gasteiger partial charge < -0.3 is 0 Å². The Balaban J connectivity index is 2.12. The van der Waals surface area contributed by atoms with Crippen LogP contribution in [0.15, 0.2) is 24.3 Å². The van der Waals surface area contributed by atoms with Gasteiger partial charge in [-0.2, -0.15) is 0 Å². The first-order chi connectivity index (χ1) is 7.86. The molecule has 0 radical (unpaired) electrons. The lowest BCUT2D eigenvalue weighted by atomic mass is 10.0. The zero-order chi connectivity index (χ0) is 11.6. The molecule has 0 bridgehead atoms. The van der Waals surface area contributed by atoms with Crippen LogP contribution in [-0.2, 0) is 12.8 Å². The van der Waals surface area contributed by atoms with Crippen LogP contribution in [0.2, 0.25) is 0 Å². The second kappa shape index (κ2) is 8.38. The van der Waals surface area contributed by atoms with Crippen LogP contribution in [0.3, 0.4) is 0 Å². The van der Waals surface area contributed by atoms with Gasteiger partial charge in [0.2, 0.25) is 0 Å². The summed E-state index contributed by atoms with van der Waals surface area (Å²) in [5.74, 6) is 0. The highest BCUT2D eigenvalue weighted by Gasteiger charge is 1.94. The van der Waals surface area contributed by atoms with Gasteiger partial charge in [0.1, 0.15) is 0 Å². The molecule has 16 heavy (non-hydrogen) atoms. The summed E-state index contributed by atoms with van der Waals surface area (Å²) >= 11 is 0. The summed E-state index contributed by atoms with van der Waals surface area (Å²) in [4.78, 5) is 0. The molecule has 0 unspecified atom stereocenters. The fourth-order valence-electron chi connectivity index (χ4n) is 2.05. The van der Waals surface area contributed by atoms with Gasteiger partial charge in [-0.15, -0.1) is 0 Å². The third kappa shape index (κ3) is 5.34. The molecule has 1 aromatic rings. The van der Waals surface area contributed by atoms with Gasteiger partial charge in [0.25, 0.3) is 0 Å². The average molecular weight is 218 g/mol. The first kappa shape index (κ1) is 13.3. The van der Waals surface area contributed by atoms with Crippen molar-refractivity contribution >= 4 is 0 Å². The summed E-state index contributed by atoms with van der Waals surface area (Å²) in [6, 6.07) is 9.13. The van der Waals surface area contributed by atoms with Crippen molar-refractivity contribution in [3.05, 3.63) is 35.4 Å². The molecule has 0 aliphatic carbocycles. The monoisotopic (exact) mass is 218 g/mol. The molecule has 0 heterocycles. The topological polar surface area (TPSA) is 0 Å². The Hall–Kier alpha value is -0.780. The van der Waals surface area contributed by atoms with Gasteiger partial charge >= 0.3 is 0 Å². The largest absolute Gasteiger partial charge is 0.0654 e. The van der Waals surface area contributed by atoms with Crippen molar-refractivity contribution < 1.29 is 0 Å². The average Bonchev–Trinajstić information content (AvgIpc) is 2.34. The van der Waals surface area contributed by atoms with Gasteiger partial charge in [0.15, 0.2) is 0 Å². The van der Waals surface area contributed by atoms with Crippen LogP contribution >= 0.6 is 0 Å². The smallest absolute Gasteiger partial charge is 0.0279 e. The van der Waals surface area contributed by atoms with E-state index in [0.29, 0.717) is 0 Å². The maximum atomic E-state index is 2.30. The second-order valence-corrected chi connectivity index (χ2v) is 4.69. The minimum Gasteiger partial charge on any atom is -0.0654 e.